The molecule has 2 rings (SSSR count). The molecule has 0 saturated carbocycles. The average Bonchev–Trinajstić information content (AvgIpc) is 3.05. The summed E-state index contributed by atoms with van der Waals surface area (Å²) in [6, 6.07) is 7.77. The van der Waals surface area contributed by atoms with E-state index in [2.05, 4.69) is 6.92 Å². The minimum absolute atomic E-state index is 0.186. The van der Waals surface area contributed by atoms with Gasteiger partial charge in [-0.05, 0) is 43.2 Å². The molecule has 152 valence electrons. The normalized spacial score (nSPS) is 15.6. The van der Waals surface area contributed by atoms with Crippen molar-refractivity contribution < 1.29 is 19.8 Å². The van der Waals surface area contributed by atoms with Crippen LogP contribution >= 0.6 is 0 Å². The molecule has 4 heteroatoms. The van der Waals surface area contributed by atoms with Crippen LogP contribution in [0, 0.1) is 0 Å². The van der Waals surface area contributed by atoms with Gasteiger partial charge in [0.1, 0.15) is 0 Å². The Morgan fingerprint density at radius 2 is 1.86 bits per heavy atom. The number of carboxylic acid groups (broad SMARTS) is 1. The van der Waals surface area contributed by atoms with E-state index in [0.29, 0.717) is 12.8 Å². The molecule has 0 spiro atoms. The van der Waals surface area contributed by atoms with Crippen LogP contribution in [0.2, 0.25) is 0 Å². The van der Waals surface area contributed by atoms with E-state index in [1.807, 2.05) is 36.4 Å². The Kier molecular flexibility index (Phi) is 9.15. The van der Waals surface area contributed by atoms with Crippen LogP contribution in [0.4, 0.5) is 0 Å². The minimum Gasteiger partial charge on any atom is -0.481 e. The predicted molar refractivity (Wildman–Crippen MR) is 112 cm³/mol. The number of aliphatic hydroxyl groups excluding tert-OH is 1. The Morgan fingerprint density at radius 3 is 2.54 bits per heavy atom. The standard InChI is InChI=1S/C24H32O4/c1-2-3-6-10-21(25)18-12-14-20(15-13-18)24-19(16-17-22(24)26)9-7-4-5-8-11-23(27)28/h4,7,12-15,21,25H,2-3,5-6,8-11,16-17H2,1H3,(H,27,28)/b7-4-. The summed E-state index contributed by atoms with van der Waals surface area (Å²) in [5, 5.41) is 19.0. The fourth-order valence-corrected chi connectivity index (χ4v) is 3.62. The number of rotatable bonds is 12. The molecule has 0 amide bonds. The molecule has 0 fully saturated rings. The van der Waals surface area contributed by atoms with Gasteiger partial charge in [0.2, 0.25) is 0 Å². The third-order valence-electron chi connectivity index (χ3n) is 5.24. The van der Waals surface area contributed by atoms with E-state index in [-0.39, 0.29) is 12.2 Å². The van der Waals surface area contributed by atoms with Crippen molar-refractivity contribution in [2.24, 2.45) is 0 Å². The van der Waals surface area contributed by atoms with Crippen molar-refractivity contribution in [3.8, 4) is 0 Å². The molecule has 1 aliphatic carbocycles. The highest BCUT2D eigenvalue weighted by atomic mass is 16.4. The maximum atomic E-state index is 12.4. The van der Waals surface area contributed by atoms with E-state index < -0.39 is 12.1 Å². The quantitative estimate of drug-likeness (QED) is 0.362. The Bertz CT molecular complexity index is 713. The number of hydrogen-bond acceptors (Lipinski definition) is 3. The molecule has 0 heterocycles. The molecule has 0 aromatic heterocycles. The summed E-state index contributed by atoms with van der Waals surface area (Å²) in [6.07, 6.45) is 11.3. The van der Waals surface area contributed by atoms with Crippen LogP contribution in [-0.2, 0) is 9.59 Å². The molecule has 1 aromatic rings. The summed E-state index contributed by atoms with van der Waals surface area (Å²) in [5.74, 6) is -0.579. The van der Waals surface area contributed by atoms with Gasteiger partial charge in [-0.1, -0.05) is 68.2 Å². The maximum Gasteiger partial charge on any atom is 0.303 e. The molecule has 0 aliphatic heterocycles. The van der Waals surface area contributed by atoms with Crippen molar-refractivity contribution in [1.82, 2.24) is 0 Å². The van der Waals surface area contributed by atoms with E-state index in [1.54, 1.807) is 0 Å². The van der Waals surface area contributed by atoms with Crippen LogP contribution < -0.4 is 0 Å². The van der Waals surface area contributed by atoms with Gasteiger partial charge in [-0.2, -0.15) is 0 Å². The van der Waals surface area contributed by atoms with Gasteiger partial charge >= 0.3 is 5.97 Å². The number of allylic oxidation sites excluding steroid dienone is 4. The molecular formula is C24H32O4. The number of carboxylic acids is 1. The van der Waals surface area contributed by atoms with E-state index in [0.717, 1.165) is 67.2 Å². The van der Waals surface area contributed by atoms with Gasteiger partial charge in [0.05, 0.1) is 6.10 Å². The number of ketones is 1. The molecule has 0 saturated heterocycles. The van der Waals surface area contributed by atoms with Crippen molar-refractivity contribution in [3.63, 3.8) is 0 Å². The zero-order valence-electron chi connectivity index (χ0n) is 16.8. The minimum atomic E-state index is -0.765. The number of aliphatic carboxylic acids is 1. The Balaban J connectivity index is 1.99. The van der Waals surface area contributed by atoms with Crippen molar-refractivity contribution in [3.05, 3.63) is 53.1 Å². The Hall–Kier alpha value is -2.20. The SMILES string of the molecule is CCCCCC(O)c1ccc(C2=C(C/C=C\CCCC(=O)O)CCC2=O)cc1. The van der Waals surface area contributed by atoms with Gasteiger partial charge in [0, 0.05) is 18.4 Å². The monoisotopic (exact) mass is 384 g/mol. The zero-order valence-corrected chi connectivity index (χ0v) is 16.8. The van der Waals surface area contributed by atoms with E-state index in [9.17, 15) is 14.7 Å². The molecule has 1 aliphatic rings. The largest absolute Gasteiger partial charge is 0.481 e. The molecule has 28 heavy (non-hydrogen) atoms. The lowest BCUT2D eigenvalue weighted by atomic mass is 9.96. The van der Waals surface area contributed by atoms with Crippen LogP contribution in [0.15, 0.2) is 42.0 Å². The summed E-state index contributed by atoms with van der Waals surface area (Å²) in [5.41, 5.74) is 3.81. The Morgan fingerprint density at radius 1 is 1.11 bits per heavy atom. The fraction of sp³-hybridized carbons (Fsp3) is 0.500. The highest BCUT2D eigenvalue weighted by Crippen LogP contribution is 2.34. The molecule has 1 atom stereocenters. The van der Waals surface area contributed by atoms with Gasteiger partial charge in [-0.3, -0.25) is 9.59 Å². The lowest BCUT2D eigenvalue weighted by molar-refractivity contribution is -0.137. The lowest BCUT2D eigenvalue weighted by Gasteiger charge is -2.12. The second-order valence-corrected chi connectivity index (χ2v) is 7.50. The summed E-state index contributed by atoms with van der Waals surface area (Å²) < 4.78 is 0. The van der Waals surface area contributed by atoms with Gasteiger partial charge in [0.25, 0.3) is 0 Å². The van der Waals surface area contributed by atoms with Gasteiger partial charge in [-0.15, -0.1) is 0 Å². The molecule has 2 N–H and O–H groups in total. The number of benzene rings is 1. The van der Waals surface area contributed by atoms with Gasteiger partial charge in [-0.25, -0.2) is 0 Å². The molecular weight excluding hydrogens is 352 g/mol. The smallest absolute Gasteiger partial charge is 0.303 e. The van der Waals surface area contributed by atoms with Crippen LogP contribution in [0.1, 0.15) is 88.4 Å². The van der Waals surface area contributed by atoms with Crippen molar-refractivity contribution in [2.75, 3.05) is 0 Å². The third-order valence-corrected chi connectivity index (χ3v) is 5.24. The zero-order chi connectivity index (χ0) is 20.4. The predicted octanol–water partition coefficient (Wildman–Crippen LogP) is 5.62. The van der Waals surface area contributed by atoms with Crippen LogP contribution in [0.25, 0.3) is 5.57 Å². The fourth-order valence-electron chi connectivity index (χ4n) is 3.62. The topological polar surface area (TPSA) is 74.6 Å². The van der Waals surface area contributed by atoms with Gasteiger partial charge in [0.15, 0.2) is 5.78 Å². The molecule has 0 bridgehead atoms. The number of Topliss-reactive ketones (excluding diaryl/α,β-unsaturated/α-hetero) is 1. The third kappa shape index (κ3) is 6.75. The van der Waals surface area contributed by atoms with Crippen LogP contribution in [-0.4, -0.2) is 22.0 Å². The number of carbonyl (C=O) groups is 2. The number of carbonyl (C=O) groups excluding carboxylic acids is 1. The summed E-state index contributed by atoms with van der Waals surface area (Å²) in [6.45, 7) is 2.15. The molecule has 1 unspecified atom stereocenters. The lowest BCUT2D eigenvalue weighted by Crippen LogP contribution is -2.00. The number of aliphatic hydroxyl groups is 1. The number of unbranched alkanes of at least 4 members (excludes halogenated alkanes) is 3. The van der Waals surface area contributed by atoms with E-state index in [4.69, 9.17) is 5.11 Å². The first kappa shape index (κ1) is 22.1. The summed E-state index contributed by atoms with van der Waals surface area (Å²) in [4.78, 5) is 22.9. The second kappa shape index (κ2) is 11.6. The van der Waals surface area contributed by atoms with Crippen molar-refractivity contribution >= 4 is 17.3 Å². The average molecular weight is 385 g/mol. The Labute approximate surface area is 168 Å². The van der Waals surface area contributed by atoms with Crippen LogP contribution in [0.5, 0.6) is 0 Å². The maximum absolute atomic E-state index is 12.4. The summed E-state index contributed by atoms with van der Waals surface area (Å²) in [7, 11) is 0. The van der Waals surface area contributed by atoms with Crippen molar-refractivity contribution in [2.45, 2.75) is 77.2 Å². The first-order valence-corrected chi connectivity index (χ1v) is 10.4. The summed E-state index contributed by atoms with van der Waals surface area (Å²) >= 11 is 0. The second-order valence-electron chi connectivity index (χ2n) is 7.50. The molecule has 0 radical (unpaired) electrons. The number of hydrogen-bond donors (Lipinski definition) is 2. The highest BCUT2D eigenvalue weighted by molar-refractivity contribution is 6.23. The first-order chi connectivity index (χ1) is 13.5. The first-order valence-electron chi connectivity index (χ1n) is 10.4. The molecule has 4 nitrogen and oxygen atoms in total. The van der Waals surface area contributed by atoms with E-state index >= 15 is 0 Å². The van der Waals surface area contributed by atoms with Gasteiger partial charge < -0.3 is 10.2 Å². The van der Waals surface area contributed by atoms with Crippen LogP contribution in [0.3, 0.4) is 0 Å². The highest BCUT2D eigenvalue weighted by Gasteiger charge is 2.23. The van der Waals surface area contributed by atoms with E-state index in [1.165, 1.54) is 0 Å². The van der Waals surface area contributed by atoms with Crippen molar-refractivity contribution in [1.29, 1.82) is 0 Å². The molecule has 1 aromatic carbocycles.